The fourth-order valence-corrected chi connectivity index (χ4v) is 1.31. The van der Waals surface area contributed by atoms with Gasteiger partial charge in [0.2, 0.25) is 5.91 Å². The smallest absolute Gasteiger partial charge is 0.326 e. The van der Waals surface area contributed by atoms with Crippen molar-refractivity contribution in [2.45, 2.75) is 26.3 Å². The topological polar surface area (TPSA) is 131 Å². The largest absolute Gasteiger partial charge is 0.480 e. The van der Waals surface area contributed by atoms with E-state index in [2.05, 4.69) is 10.6 Å². The van der Waals surface area contributed by atoms with Crippen LogP contribution >= 0.6 is 0 Å². The van der Waals surface area contributed by atoms with E-state index < -0.39 is 23.9 Å². The molecule has 0 aromatic heterocycles. The number of carboxylic acid groups (broad SMARTS) is 1. The van der Waals surface area contributed by atoms with Crippen molar-refractivity contribution in [3.63, 3.8) is 0 Å². The van der Waals surface area contributed by atoms with Crippen LogP contribution < -0.4 is 16.4 Å². The molecule has 1 atom stereocenters. The van der Waals surface area contributed by atoms with Gasteiger partial charge in [-0.25, -0.2) is 9.59 Å². The minimum atomic E-state index is -1.08. The third kappa shape index (κ3) is 9.83. The van der Waals surface area contributed by atoms with Crippen molar-refractivity contribution >= 4 is 17.9 Å². The maximum Gasteiger partial charge on any atom is 0.326 e. The van der Waals surface area contributed by atoms with E-state index in [1.54, 1.807) is 0 Å². The Labute approximate surface area is 111 Å². The molecule has 0 fully saturated rings. The first-order chi connectivity index (χ1) is 8.82. The number of aliphatic carboxylic acids is 1. The predicted molar refractivity (Wildman–Crippen MR) is 67.4 cm³/mol. The van der Waals surface area contributed by atoms with Crippen LogP contribution in [0, 0.1) is 5.92 Å². The second-order valence-corrected chi connectivity index (χ2v) is 4.44. The molecule has 0 aliphatic heterocycles. The summed E-state index contributed by atoms with van der Waals surface area (Å²) in [6, 6.07) is -1.51. The van der Waals surface area contributed by atoms with Crippen molar-refractivity contribution < 1.29 is 24.2 Å². The van der Waals surface area contributed by atoms with Crippen LogP contribution in [0.5, 0.6) is 0 Å². The molecule has 0 heterocycles. The summed E-state index contributed by atoms with van der Waals surface area (Å²) in [6.45, 7) is 3.81. The predicted octanol–water partition coefficient (Wildman–Crippen LogP) is -0.713. The molecular weight excluding hydrogens is 254 g/mol. The van der Waals surface area contributed by atoms with E-state index in [0.717, 1.165) is 0 Å². The quantitative estimate of drug-likeness (QED) is 0.413. The monoisotopic (exact) mass is 275 g/mol. The molecule has 3 amide bonds. The van der Waals surface area contributed by atoms with Gasteiger partial charge >= 0.3 is 12.0 Å². The summed E-state index contributed by atoms with van der Waals surface area (Å²) in [6.07, 6.45) is 0.348. The number of nitrogens with one attached hydrogen (secondary N) is 2. The van der Waals surface area contributed by atoms with Crippen LogP contribution in [-0.4, -0.2) is 48.8 Å². The van der Waals surface area contributed by atoms with E-state index in [9.17, 15) is 14.4 Å². The van der Waals surface area contributed by atoms with E-state index >= 15 is 0 Å². The third-order valence-electron chi connectivity index (χ3n) is 2.09. The van der Waals surface area contributed by atoms with Gasteiger partial charge in [-0.05, 0) is 12.3 Å². The number of carbonyl (C=O) groups excluding carboxylic acids is 2. The van der Waals surface area contributed by atoms with Gasteiger partial charge in [0.25, 0.3) is 0 Å². The van der Waals surface area contributed by atoms with E-state index in [4.69, 9.17) is 15.6 Å². The van der Waals surface area contributed by atoms with Crippen LogP contribution in [0.1, 0.15) is 20.3 Å². The summed E-state index contributed by atoms with van der Waals surface area (Å²) < 4.78 is 4.83. The van der Waals surface area contributed by atoms with E-state index in [1.807, 2.05) is 13.8 Å². The maximum atomic E-state index is 11.4. The lowest BCUT2D eigenvalue weighted by atomic mass is 10.0. The van der Waals surface area contributed by atoms with Gasteiger partial charge in [-0.1, -0.05) is 13.8 Å². The van der Waals surface area contributed by atoms with Crippen molar-refractivity contribution in [1.29, 1.82) is 0 Å². The number of ether oxygens (including phenoxy) is 1. The molecule has 0 radical (unpaired) electrons. The summed E-state index contributed by atoms with van der Waals surface area (Å²) in [5.41, 5.74) is 4.85. The molecule has 19 heavy (non-hydrogen) atoms. The molecule has 0 unspecified atom stereocenters. The second kappa shape index (κ2) is 9.15. The Bertz CT molecular complexity index is 319. The third-order valence-corrected chi connectivity index (χ3v) is 2.09. The highest BCUT2D eigenvalue weighted by Gasteiger charge is 2.20. The molecule has 8 nitrogen and oxygen atoms in total. The molecule has 110 valence electrons. The lowest BCUT2D eigenvalue weighted by molar-refractivity contribution is -0.139. The van der Waals surface area contributed by atoms with E-state index in [1.165, 1.54) is 0 Å². The summed E-state index contributed by atoms with van der Waals surface area (Å²) in [5.74, 6) is -1.51. The van der Waals surface area contributed by atoms with E-state index in [-0.39, 0.29) is 25.7 Å². The Balaban J connectivity index is 3.87. The number of hydrogen-bond donors (Lipinski definition) is 4. The summed E-state index contributed by atoms with van der Waals surface area (Å²) in [5, 5.41) is 13.7. The average Bonchev–Trinajstić information content (AvgIpc) is 2.26. The van der Waals surface area contributed by atoms with Crippen molar-refractivity contribution in [2.24, 2.45) is 11.7 Å². The standard InChI is InChI=1S/C11H21N3O5/c1-7(2)5-8(10(16)17)14-11(18)13-3-4-19-6-9(12)15/h7-8H,3-6H2,1-2H3,(H2,12,15)(H,16,17)(H2,13,14,18)/t8-/m0/s1. The van der Waals surface area contributed by atoms with Gasteiger partial charge < -0.3 is 26.2 Å². The summed E-state index contributed by atoms with van der Waals surface area (Å²) in [4.78, 5) is 32.7. The second-order valence-electron chi connectivity index (χ2n) is 4.44. The fraction of sp³-hybridized carbons (Fsp3) is 0.727. The van der Waals surface area contributed by atoms with Crippen LogP contribution in [0.2, 0.25) is 0 Å². The minimum absolute atomic E-state index is 0.123. The zero-order valence-electron chi connectivity index (χ0n) is 11.1. The highest BCUT2D eigenvalue weighted by atomic mass is 16.5. The zero-order chi connectivity index (χ0) is 14.8. The van der Waals surface area contributed by atoms with Crippen molar-refractivity contribution in [3.05, 3.63) is 0 Å². The maximum absolute atomic E-state index is 11.4. The highest BCUT2D eigenvalue weighted by molar-refractivity contribution is 5.82. The number of hydrogen-bond acceptors (Lipinski definition) is 4. The molecule has 0 spiro atoms. The van der Waals surface area contributed by atoms with Crippen molar-refractivity contribution in [1.82, 2.24) is 10.6 Å². The van der Waals surface area contributed by atoms with Crippen LogP contribution in [0.25, 0.3) is 0 Å². The highest BCUT2D eigenvalue weighted by Crippen LogP contribution is 2.04. The Kier molecular flexibility index (Phi) is 8.27. The number of nitrogens with two attached hydrogens (primary N) is 1. The van der Waals surface area contributed by atoms with Gasteiger partial charge in [-0.2, -0.15) is 0 Å². The number of urea groups is 1. The Morgan fingerprint density at radius 1 is 1.32 bits per heavy atom. The lowest BCUT2D eigenvalue weighted by Crippen LogP contribution is -2.47. The first kappa shape index (κ1) is 17.2. The number of carbonyl (C=O) groups is 3. The molecule has 0 aromatic carbocycles. The van der Waals surface area contributed by atoms with Crippen molar-refractivity contribution in [2.75, 3.05) is 19.8 Å². The molecule has 0 bridgehead atoms. The molecular formula is C11H21N3O5. The average molecular weight is 275 g/mol. The fourth-order valence-electron chi connectivity index (χ4n) is 1.31. The van der Waals surface area contributed by atoms with E-state index in [0.29, 0.717) is 6.42 Å². The van der Waals surface area contributed by atoms with Crippen LogP contribution in [0.3, 0.4) is 0 Å². The van der Waals surface area contributed by atoms with Gasteiger partial charge in [-0.15, -0.1) is 0 Å². The first-order valence-corrected chi connectivity index (χ1v) is 5.96. The van der Waals surface area contributed by atoms with Crippen molar-refractivity contribution in [3.8, 4) is 0 Å². The first-order valence-electron chi connectivity index (χ1n) is 5.96. The molecule has 0 rings (SSSR count). The number of primary amides is 1. The van der Waals surface area contributed by atoms with Gasteiger partial charge in [0.05, 0.1) is 6.61 Å². The molecule has 8 heteroatoms. The Hall–Kier alpha value is -1.83. The molecule has 5 N–H and O–H groups in total. The van der Waals surface area contributed by atoms with Crippen LogP contribution in [0.15, 0.2) is 0 Å². The SMILES string of the molecule is CC(C)C[C@H](NC(=O)NCCOCC(N)=O)C(=O)O. The summed E-state index contributed by atoms with van der Waals surface area (Å²) >= 11 is 0. The zero-order valence-corrected chi connectivity index (χ0v) is 11.1. The van der Waals surface area contributed by atoms with Gasteiger partial charge in [0.15, 0.2) is 0 Å². The Morgan fingerprint density at radius 2 is 1.95 bits per heavy atom. The van der Waals surface area contributed by atoms with Crippen LogP contribution in [-0.2, 0) is 14.3 Å². The summed E-state index contributed by atoms with van der Waals surface area (Å²) in [7, 11) is 0. The van der Waals surface area contributed by atoms with Gasteiger partial charge in [-0.3, -0.25) is 4.79 Å². The molecule has 0 aliphatic rings. The lowest BCUT2D eigenvalue weighted by Gasteiger charge is -2.16. The normalized spacial score (nSPS) is 11.9. The Morgan fingerprint density at radius 3 is 2.42 bits per heavy atom. The minimum Gasteiger partial charge on any atom is -0.480 e. The van der Waals surface area contributed by atoms with Gasteiger partial charge in [0.1, 0.15) is 12.6 Å². The number of carboxylic acids is 1. The number of amides is 3. The molecule has 0 saturated heterocycles. The van der Waals surface area contributed by atoms with Gasteiger partial charge in [0, 0.05) is 6.54 Å². The molecule has 0 aromatic rings. The molecule has 0 saturated carbocycles. The number of rotatable bonds is 9. The molecule has 0 aliphatic carbocycles. The van der Waals surface area contributed by atoms with Crippen LogP contribution in [0.4, 0.5) is 4.79 Å².